The second-order valence-electron chi connectivity index (χ2n) is 2.86. The molecular weight excluding hydrogens is 134 g/mol. The van der Waals surface area contributed by atoms with Gasteiger partial charge in [0, 0.05) is 5.41 Å². The second-order valence-corrected chi connectivity index (χ2v) is 2.86. The van der Waals surface area contributed by atoms with Gasteiger partial charge in [-0.15, -0.1) is 0 Å². The van der Waals surface area contributed by atoms with Gasteiger partial charge in [-0.3, -0.25) is 4.79 Å². The van der Waals surface area contributed by atoms with Crippen LogP contribution in [0, 0.1) is 10.3 Å². The minimum atomic E-state index is -0.832. The van der Waals surface area contributed by atoms with Crippen molar-refractivity contribution in [1.82, 2.24) is 0 Å². The predicted octanol–water partition coefficient (Wildman–Crippen LogP) is 1.01. The van der Waals surface area contributed by atoms with Gasteiger partial charge >= 0.3 is 5.97 Å². The summed E-state index contributed by atoms with van der Waals surface area (Å²) >= 11 is 0. The number of hydrogen-bond donors (Lipinski definition) is 1. The molecule has 1 rings (SSSR count). The fourth-order valence-corrected chi connectivity index (χ4v) is 1.03. The van der Waals surface area contributed by atoms with Gasteiger partial charge in [0.2, 0.25) is 0 Å². The monoisotopic (exact) mass is 143 g/mol. The van der Waals surface area contributed by atoms with E-state index in [-0.39, 0.29) is 18.4 Å². The molecule has 1 aliphatic rings. The van der Waals surface area contributed by atoms with Gasteiger partial charge in [0.1, 0.15) is 0 Å². The molecule has 0 amide bonds. The molecule has 56 valence electrons. The van der Waals surface area contributed by atoms with Crippen molar-refractivity contribution in [2.75, 3.05) is 6.54 Å². The Balaban J connectivity index is 2.37. The van der Waals surface area contributed by atoms with Gasteiger partial charge in [0.15, 0.2) is 0 Å². The molecule has 0 bridgehead atoms. The standard InChI is InChI=1S/C6H9NO3/c8-5(9)3-6(1-2-6)4-7-10/h1-4H2,(H,8,9). The lowest BCUT2D eigenvalue weighted by Gasteiger charge is -2.04. The number of rotatable bonds is 4. The van der Waals surface area contributed by atoms with Crippen LogP contribution in [0.3, 0.4) is 0 Å². The number of carboxylic acid groups (broad SMARTS) is 1. The van der Waals surface area contributed by atoms with Crippen molar-refractivity contribution in [2.24, 2.45) is 10.6 Å². The zero-order valence-electron chi connectivity index (χ0n) is 5.54. The fraction of sp³-hybridized carbons (Fsp3) is 0.833. The third-order valence-electron chi connectivity index (χ3n) is 1.88. The van der Waals surface area contributed by atoms with E-state index in [1.54, 1.807) is 0 Å². The highest BCUT2D eigenvalue weighted by Gasteiger charge is 2.44. The van der Waals surface area contributed by atoms with E-state index in [2.05, 4.69) is 5.18 Å². The van der Waals surface area contributed by atoms with Crippen LogP contribution < -0.4 is 0 Å². The van der Waals surface area contributed by atoms with Crippen LogP contribution in [0.4, 0.5) is 0 Å². The van der Waals surface area contributed by atoms with Gasteiger partial charge in [0.05, 0.1) is 13.0 Å². The van der Waals surface area contributed by atoms with E-state index in [4.69, 9.17) is 5.11 Å². The highest BCUT2D eigenvalue weighted by Crippen LogP contribution is 2.48. The average molecular weight is 143 g/mol. The normalized spacial score (nSPS) is 20.0. The van der Waals surface area contributed by atoms with Gasteiger partial charge in [-0.25, -0.2) is 0 Å². The third-order valence-corrected chi connectivity index (χ3v) is 1.88. The van der Waals surface area contributed by atoms with Crippen LogP contribution in [0.15, 0.2) is 5.18 Å². The lowest BCUT2D eigenvalue weighted by atomic mass is 10.0. The summed E-state index contributed by atoms with van der Waals surface area (Å²) in [5.74, 6) is -0.832. The molecule has 0 aromatic rings. The van der Waals surface area contributed by atoms with Crippen LogP contribution in [0.1, 0.15) is 19.3 Å². The first-order valence-electron chi connectivity index (χ1n) is 3.19. The van der Waals surface area contributed by atoms with Crippen molar-refractivity contribution in [3.63, 3.8) is 0 Å². The Morgan fingerprint density at radius 1 is 1.60 bits per heavy atom. The van der Waals surface area contributed by atoms with Crippen molar-refractivity contribution in [3.8, 4) is 0 Å². The Morgan fingerprint density at radius 3 is 2.50 bits per heavy atom. The Morgan fingerprint density at radius 2 is 2.20 bits per heavy atom. The van der Waals surface area contributed by atoms with Crippen LogP contribution >= 0.6 is 0 Å². The molecule has 0 radical (unpaired) electrons. The topological polar surface area (TPSA) is 66.7 Å². The molecule has 10 heavy (non-hydrogen) atoms. The number of nitrogens with zero attached hydrogens (tertiary/aromatic N) is 1. The summed E-state index contributed by atoms with van der Waals surface area (Å²) in [6.07, 6.45) is 1.77. The molecule has 0 saturated heterocycles. The summed E-state index contributed by atoms with van der Waals surface area (Å²) in [4.78, 5) is 20.0. The lowest BCUT2D eigenvalue weighted by molar-refractivity contribution is -0.138. The van der Waals surface area contributed by atoms with Crippen LogP contribution in [0.25, 0.3) is 0 Å². The summed E-state index contributed by atoms with van der Waals surface area (Å²) in [6.45, 7) is 0.166. The maximum Gasteiger partial charge on any atom is 0.303 e. The van der Waals surface area contributed by atoms with Crippen molar-refractivity contribution < 1.29 is 9.90 Å². The fourth-order valence-electron chi connectivity index (χ4n) is 1.03. The van der Waals surface area contributed by atoms with Crippen LogP contribution in [0.5, 0.6) is 0 Å². The predicted molar refractivity (Wildman–Crippen MR) is 34.6 cm³/mol. The summed E-state index contributed by atoms with van der Waals surface area (Å²) in [5, 5.41) is 11.1. The molecule has 0 heterocycles. The van der Waals surface area contributed by atoms with Crippen LogP contribution in [0.2, 0.25) is 0 Å². The highest BCUT2D eigenvalue weighted by atomic mass is 16.4. The van der Waals surface area contributed by atoms with E-state index in [9.17, 15) is 9.70 Å². The lowest BCUT2D eigenvalue weighted by Crippen LogP contribution is -2.11. The molecule has 1 fully saturated rings. The van der Waals surface area contributed by atoms with Gasteiger partial charge in [0.25, 0.3) is 0 Å². The van der Waals surface area contributed by atoms with Gasteiger partial charge < -0.3 is 5.11 Å². The molecule has 0 aromatic heterocycles. The van der Waals surface area contributed by atoms with E-state index in [0.29, 0.717) is 0 Å². The highest BCUT2D eigenvalue weighted by molar-refractivity contribution is 5.68. The molecule has 1 saturated carbocycles. The Hall–Kier alpha value is -0.930. The first kappa shape index (κ1) is 7.18. The van der Waals surface area contributed by atoms with Gasteiger partial charge in [-0.2, -0.15) is 4.91 Å². The molecule has 1 N–H and O–H groups in total. The van der Waals surface area contributed by atoms with Crippen LogP contribution in [-0.2, 0) is 4.79 Å². The SMILES string of the molecule is O=NCC1(CC(=O)O)CC1. The smallest absolute Gasteiger partial charge is 0.303 e. The maximum absolute atomic E-state index is 10.2. The summed E-state index contributed by atoms with van der Waals surface area (Å²) in [6, 6.07) is 0. The second kappa shape index (κ2) is 2.36. The molecule has 0 spiro atoms. The Kier molecular flexibility index (Phi) is 1.70. The number of aliphatic carboxylic acids is 1. The van der Waals surface area contributed by atoms with E-state index in [1.165, 1.54) is 0 Å². The first-order chi connectivity index (χ1) is 4.68. The number of carbonyl (C=O) groups is 1. The molecule has 0 aliphatic heterocycles. The summed E-state index contributed by atoms with van der Waals surface area (Å²) in [5.41, 5.74) is -0.256. The van der Waals surface area contributed by atoms with Crippen molar-refractivity contribution >= 4 is 5.97 Å². The van der Waals surface area contributed by atoms with Gasteiger partial charge in [-0.05, 0) is 12.8 Å². The minimum absolute atomic E-state index is 0.0960. The Labute approximate surface area is 58.2 Å². The molecule has 0 aromatic carbocycles. The minimum Gasteiger partial charge on any atom is -0.481 e. The quantitative estimate of drug-likeness (QED) is 0.597. The molecule has 0 atom stereocenters. The third kappa shape index (κ3) is 1.52. The maximum atomic E-state index is 10.2. The molecule has 0 unspecified atom stereocenters. The molecule has 1 aliphatic carbocycles. The van der Waals surface area contributed by atoms with E-state index in [0.717, 1.165) is 12.8 Å². The van der Waals surface area contributed by atoms with Crippen molar-refractivity contribution in [1.29, 1.82) is 0 Å². The van der Waals surface area contributed by atoms with E-state index in [1.807, 2.05) is 0 Å². The van der Waals surface area contributed by atoms with Gasteiger partial charge in [-0.1, -0.05) is 5.18 Å². The molecule has 4 nitrogen and oxygen atoms in total. The van der Waals surface area contributed by atoms with Crippen molar-refractivity contribution in [2.45, 2.75) is 19.3 Å². The number of hydrogen-bond acceptors (Lipinski definition) is 3. The molecular formula is C6H9NO3. The van der Waals surface area contributed by atoms with E-state index >= 15 is 0 Å². The average Bonchev–Trinajstić information content (AvgIpc) is 2.47. The zero-order valence-corrected chi connectivity index (χ0v) is 5.54. The zero-order chi connectivity index (χ0) is 7.61. The Bertz CT molecular complexity index is 162. The summed E-state index contributed by atoms with van der Waals surface area (Å²) in [7, 11) is 0. The summed E-state index contributed by atoms with van der Waals surface area (Å²) < 4.78 is 0. The largest absolute Gasteiger partial charge is 0.481 e. The van der Waals surface area contributed by atoms with E-state index < -0.39 is 5.97 Å². The van der Waals surface area contributed by atoms with Crippen LogP contribution in [-0.4, -0.2) is 17.6 Å². The molecule has 4 heteroatoms. The first-order valence-corrected chi connectivity index (χ1v) is 3.19. The number of carboxylic acids is 1. The van der Waals surface area contributed by atoms with Crippen molar-refractivity contribution in [3.05, 3.63) is 4.91 Å². The number of nitroso groups, excluding NO2 is 1.